The molecule has 0 radical (unpaired) electrons. The molecule has 5 nitrogen and oxygen atoms in total. The normalized spacial score (nSPS) is 11.2. The van der Waals surface area contributed by atoms with E-state index in [2.05, 4.69) is 10.4 Å². The Labute approximate surface area is 147 Å². The Balaban J connectivity index is 1.62. The van der Waals surface area contributed by atoms with Crippen LogP contribution in [-0.2, 0) is 11.0 Å². The number of carbonyl (C=O) groups excluding carboxylic acids is 1. The van der Waals surface area contributed by atoms with Gasteiger partial charge in [-0.1, -0.05) is 30.3 Å². The lowest BCUT2D eigenvalue weighted by Crippen LogP contribution is -2.21. The second-order valence-corrected chi connectivity index (χ2v) is 5.31. The second-order valence-electron chi connectivity index (χ2n) is 5.31. The summed E-state index contributed by atoms with van der Waals surface area (Å²) in [6.07, 6.45) is -2.90. The number of aromatic nitrogens is 2. The van der Waals surface area contributed by atoms with E-state index in [4.69, 9.17) is 4.74 Å². The van der Waals surface area contributed by atoms with E-state index in [9.17, 15) is 18.0 Å². The third-order valence-electron chi connectivity index (χ3n) is 3.43. The smallest absolute Gasteiger partial charge is 0.419 e. The molecule has 0 fully saturated rings. The van der Waals surface area contributed by atoms with Crippen LogP contribution in [0.1, 0.15) is 5.56 Å². The van der Waals surface area contributed by atoms with Gasteiger partial charge in [0, 0.05) is 12.3 Å². The minimum atomic E-state index is -4.55. The molecule has 1 amide bonds. The molecular weight excluding hydrogens is 347 g/mol. The Morgan fingerprint density at radius 3 is 2.46 bits per heavy atom. The molecule has 0 unspecified atom stereocenters. The molecular formula is C18H14F3N3O2. The summed E-state index contributed by atoms with van der Waals surface area (Å²) >= 11 is 0. The van der Waals surface area contributed by atoms with E-state index in [0.29, 0.717) is 0 Å². The highest BCUT2D eigenvalue weighted by Gasteiger charge is 2.34. The Bertz CT molecular complexity index is 892. The summed E-state index contributed by atoms with van der Waals surface area (Å²) in [5.41, 5.74) is -0.121. The predicted octanol–water partition coefficient (Wildman–Crippen LogP) is 3.91. The molecule has 3 rings (SSSR count). The van der Waals surface area contributed by atoms with E-state index < -0.39 is 30.0 Å². The zero-order valence-corrected chi connectivity index (χ0v) is 13.4. The number of rotatable bonds is 5. The Kier molecular flexibility index (Phi) is 4.92. The van der Waals surface area contributed by atoms with Crippen LogP contribution in [0, 0.1) is 0 Å². The van der Waals surface area contributed by atoms with Gasteiger partial charge in [-0.15, -0.1) is 0 Å². The van der Waals surface area contributed by atoms with E-state index >= 15 is 0 Å². The highest BCUT2D eigenvalue weighted by molar-refractivity contribution is 5.90. The van der Waals surface area contributed by atoms with Gasteiger partial charge in [-0.25, -0.2) is 4.68 Å². The fourth-order valence-corrected chi connectivity index (χ4v) is 2.26. The van der Waals surface area contributed by atoms with Gasteiger partial charge in [0.1, 0.15) is 5.75 Å². The molecule has 0 aliphatic carbocycles. The number of benzene rings is 2. The van der Waals surface area contributed by atoms with Crippen LogP contribution in [-0.4, -0.2) is 22.3 Å². The Hall–Kier alpha value is -3.29. The van der Waals surface area contributed by atoms with Gasteiger partial charge in [0.2, 0.25) is 0 Å². The second kappa shape index (κ2) is 7.30. The molecule has 0 saturated carbocycles. The lowest BCUT2D eigenvalue weighted by atomic mass is 10.2. The molecule has 0 atom stereocenters. The first kappa shape index (κ1) is 17.5. The van der Waals surface area contributed by atoms with E-state index in [1.807, 2.05) is 30.3 Å². The van der Waals surface area contributed by atoms with Crippen molar-refractivity contribution in [2.75, 3.05) is 11.9 Å². The number of anilines is 1. The van der Waals surface area contributed by atoms with Crippen LogP contribution in [0.15, 0.2) is 66.9 Å². The number of alkyl halides is 3. The molecule has 8 heteroatoms. The van der Waals surface area contributed by atoms with Crippen LogP contribution in [0.4, 0.5) is 19.0 Å². The van der Waals surface area contributed by atoms with Crippen LogP contribution >= 0.6 is 0 Å². The number of nitrogens with one attached hydrogen (secondary N) is 1. The number of hydrogen-bond acceptors (Lipinski definition) is 3. The van der Waals surface area contributed by atoms with Gasteiger partial charge in [-0.3, -0.25) is 4.79 Å². The molecule has 0 aliphatic rings. The third kappa shape index (κ3) is 4.21. The molecule has 3 aromatic rings. The molecule has 134 valence electrons. The van der Waals surface area contributed by atoms with Gasteiger partial charge in [0.05, 0.1) is 11.3 Å². The van der Waals surface area contributed by atoms with Crippen molar-refractivity contribution in [3.8, 4) is 11.4 Å². The van der Waals surface area contributed by atoms with E-state index in [0.717, 1.165) is 11.8 Å². The number of halogens is 3. The molecule has 0 saturated heterocycles. The number of amides is 1. The third-order valence-corrected chi connectivity index (χ3v) is 3.43. The lowest BCUT2D eigenvalue weighted by Gasteiger charge is -2.13. The maximum atomic E-state index is 12.9. The van der Waals surface area contributed by atoms with Gasteiger partial charge < -0.3 is 10.1 Å². The summed E-state index contributed by atoms with van der Waals surface area (Å²) in [7, 11) is 0. The highest BCUT2D eigenvalue weighted by atomic mass is 19.4. The Morgan fingerprint density at radius 2 is 1.73 bits per heavy atom. The fourth-order valence-electron chi connectivity index (χ4n) is 2.26. The Morgan fingerprint density at radius 1 is 1.04 bits per heavy atom. The quantitative estimate of drug-likeness (QED) is 0.750. The van der Waals surface area contributed by atoms with Crippen molar-refractivity contribution in [2.45, 2.75) is 6.18 Å². The lowest BCUT2D eigenvalue weighted by molar-refractivity contribution is -0.139. The fraction of sp³-hybridized carbons (Fsp3) is 0.111. The van der Waals surface area contributed by atoms with Crippen molar-refractivity contribution in [1.29, 1.82) is 0 Å². The zero-order valence-electron chi connectivity index (χ0n) is 13.4. The minimum absolute atomic E-state index is 0.270. The van der Waals surface area contributed by atoms with Gasteiger partial charge >= 0.3 is 6.18 Å². The van der Waals surface area contributed by atoms with Gasteiger partial charge in [0.25, 0.3) is 5.91 Å². The number of para-hydroxylation sites is 2. The average Bonchev–Trinajstić information content (AvgIpc) is 3.09. The topological polar surface area (TPSA) is 56.1 Å². The summed E-state index contributed by atoms with van der Waals surface area (Å²) in [6, 6.07) is 15.6. The van der Waals surface area contributed by atoms with E-state index in [1.165, 1.54) is 18.2 Å². The van der Waals surface area contributed by atoms with Gasteiger partial charge in [-0.2, -0.15) is 18.3 Å². The number of carbonyl (C=O) groups is 1. The number of ether oxygens (including phenoxy) is 1. The minimum Gasteiger partial charge on any atom is -0.483 e. The maximum absolute atomic E-state index is 12.9. The van der Waals surface area contributed by atoms with Gasteiger partial charge in [-0.05, 0) is 24.3 Å². The summed E-state index contributed by atoms with van der Waals surface area (Å²) in [6.45, 7) is -0.564. The van der Waals surface area contributed by atoms with Crippen molar-refractivity contribution in [3.63, 3.8) is 0 Å². The first-order valence-electron chi connectivity index (χ1n) is 7.63. The van der Waals surface area contributed by atoms with Crippen molar-refractivity contribution < 1.29 is 22.7 Å². The van der Waals surface area contributed by atoms with Gasteiger partial charge in [0.15, 0.2) is 12.4 Å². The summed E-state index contributed by atoms with van der Waals surface area (Å²) < 4.78 is 45.3. The molecule has 0 aliphatic heterocycles. The maximum Gasteiger partial charge on any atom is 0.419 e. The van der Waals surface area contributed by atoms with Crippen LogP contribution in [0.5, 0.6) is 5.75 Å². The van der Waals surface area contributed by atoms with Crippen molar-refractivity contribution >= 4 is 11.7 Å². The van der Waals surface area contributed by atoms with E-state index in [1.54, 1.807) is 16.9 Å². The summed E-state index contributed by atoms with van der Waals surface area (Å²) in [4.78, 5) is 11.9. The molecule has 0 bridgehead atoms. The first-order chi connectivity index (χ1) is 12.4. The average molecular weight is 361 g/mol. The highest BCUT2D eigenvalue weighted by Crippen LogP contribution is 2.35. The predicted molar refractivity (Wildman–Crippen MR) is 89.1 cm³/mol. The zero-order chi connectivity index (χ0) is 18.6. The SMILES string of the molecule is O=C(COc1ccccc1C(F)(F)F)Nc1ccn(-c2ccccc2)n1. The standard InChI is InChI=1S/C18H14F3N3O2/c19-18(20,21)14-8-4-5-9-15(14)26-12-17(25)22-16-10-11-24(23-16)13-6-2-1-3-7-13/h1-11H,12H2,(H,22,23,25). The summed E-state index contributed by atoms with van der Waals surface area (Å²) in [5.74, 6) is -0.739. The number of nitrogens with zero attached hydrogens (tertiary/aromatic N) is 2. The molecule has 1 aromatic heterocycles. The van der Waals surface area contributed by atoms with E-state index in [-0.39, 0.29) is 5.82 Å². The molecule has 26 heavy (non-hydrogen) atoms. The van der Waals surface area contributed by atoms with Crippen molar-refractivity contribution in [3.05, 3.63) is 72.4 Å². The largest absolute Gasteiger partial charge is 0.483 e. The summed E-state index contributed by atoms with van der Waals surface area (Å²) in [5, 5.41) is 6.66. The molecule has 1 heterocycles. The number of hydrogen-bond donors (Lipinski definition) is 1. The molecule has 0 spiro atoms. The van der Waals surface area contributed by atoms with Crippen LogP contribution < -0.4 is 10.1 Å². The first-order valence-corrected chi connectivity index (χ1v) is 7.63. The van der Waals surface area contributed by atoms with Crippen molar-refractivity contribution in [1.82, 2.24) is 9.78 Å². The van der Waals surface area contributed by atoms with Crippen LogP contribution in [0.2, 0.25) is 0 Å². The monoisotopic (exact) mass is 361 g/mol. The molecule has 1 N–H and O–H groups in total. The van der Waals surface area contributed by atoms with Crippen molar-refractivity contribution in [2.24, 2.45) is 0 Å². The van der Waals surface area contributed by atoms with Crippen LogP contribution in [0.3, 0.4) is 0 Å². The van der Waals surface area contributed by atoms with Crippen LogP contribution in [0.25, 0.3) is 5.69 Å². The molecule has 2 aromatic carbocycles.